The summed E-state index contributed by atoms with van der Waals surface area (Å²) in [5.41, 5.74) is 1.11. The Bertz CT molecular complexity index is 789. The first-order valence-corrected chi connectivity index (χ1v) is 6.99. The molecule has 2 aromatic heterocycles. The second-order valence-corrected chi connectivity index (χ2v) is 5.39. The average Bonchev–Trinajstić information content (AvgIpc) is 3.03. The molecule has 3 aromatic rings. The molecule has 7 heteroatoms. The summed E-state index contributed by atoms with van der Waals surface area (Å²) in [6.07, 6.45) is 1.56. The number of aliphatic carboxylic acids is 1. The highest BCUT2D eigenvalue weighted by molar-refractivity contribution is 7.22. The lowest BCUT2D eigenvalue weighted by Gasteiger charge is -2.05. The van der Waals surface area contributed by atoms with Crippen molar-refractivity contribution in [2.24, 2.45) is 0 Å². The van der Waals surface area contributed by atoms with Gasteiger partial charge in [-0.15, -0.1) is 0 Å². The number of carbonyl (C=O) groups is 2. The number of nitrogens with one attached hydrogen (secondary N) is 1. The predicted octanol–water partition coefficient (Wildman–Crippen LogP) is 2.43. The number of carbonyl (C=O) groups excluding carboxylic acids is 1. The third kappa shape index (κ3) is 2.77. The Morgan fingerprint density at radius 1 is 1.24 bits per heavy atom. The van der Waals surface area contributed by atoms with E-state index < -0.39 is 5.97 Å². The number of fused-ring (bicyclic) bond motifs is 1. The van der Waals surface area contributed by atoms with Crippen LogP contribution < -0.4 is 5.32 Å². The lowest BCUT2D eigenvalue weighted by molar-refractivity contribution is -0.137. The maximum absolute atomic E-state index is 12.2. The van der Waals surface area contributed by atoms with Crippen LogP contribution >= 0.6 is 11.3 Å². The molecule has 0 aliphatic heterocycles. The molecule has 0 saturated carbocycles. The molecule has 1 amide bonds. The second-order valence-electron chi connectivity index (χ2n) is 4.36. The molecular formula is C14H11N3O3S. The summed E-state index contributed by atoms with van der Waals surface area (Å²) in [4.78, 5) is 27.3. The lowest BCUT2D eigenvalue weighted by atomic mass is 10.3. The smallest absolute Gasteiger partial charge is 0.323 e. The number of nitrogens with zero attached hydrogens (tertiary/aromatic N) is 2. The topological polar surface area (TPSA) is 84.2 Å². The van der Waals surface area contributed by atoms with Gasteiger partial charge in [0, 0.05) is 6.20 Å². The average molecular weight is 301 g/mol. The number of carboxylic acid groups (broad SMARTS) is 1. The van der Waals surface area contributed by atoms with Gasteiger partial charge in [0.05, 0.1) is 10.2 Å². The van der Waals surface area contributed by atoms with Crippen molar-refractivity contribution in [2.75, 3.05) is 5.32 Å². The number of thiazole rings is 1. The Morgan fingerprint density at radius 2 is 2.05 bits per heavy atom. The quantitative estimate of drug-likeness (QED) is 0.775. The van der Waals surface area contributed by atoms with E-state index in [0.29, 0.717) is 5.13 Å². The fourth-order valence-corrected chi connectivity index (χ4v) is 2.85. The van der Waals surface area contributed by atoms with Crippen molar-refractivity contribution in [1.29, 1.82) is 0 Å². The number of para-hydroxylation sites is 1. The van der Waals surface area contributed by atoms with Gasteiger partial charge < -0.3 is 9.67 Å². The molecule has 6 nitrogen and oxygen atoms in total. The van der Waals surface area contributed by atoms with Crippen molar-refractivity contribution in [1.82, 2.24) is 9.55 Å². The molecule has 0 unspecified atom stereocenters. The van der Waals surface area contributed by atoms with Gasteiger partial charge in [0.25, 0.3) is 5.91 Å². The Labute approximate surface area is 123 Å². The van der Waals surface area contributed by atoms with Crippen LogP contribution in [0.4, 0.5) is 5.13 Å². The first kappa shape index (κ1) is 13.3. The molecule has 106 valence electrons. The van der Waals surface area contributed by atoms with Gasteiger partial charge in [-0.05, 0) is 24.3 Å². The summed E-state index contributed by atoms with van der Waals surface area (Å²) < 4.78 is 2.36. The van der Waals surface area contributed by atoms with E-state index in [2.05, 4.69) is 10.3 Å². The van der Waals surface area contributed by atoms with Crippen LogP contribution in [0.5, 0.6) is 0 Å². The molecule has 0 spiro atoms. The molecule has 2 N–H and O–H groups in total. The Balaban J connectivity index is 1.83. The zero-order valence-corrected chi connectivity index (χ0v) is 11.6. The fourth-order valence-electron chi connectivity index (χ4n) is 1.99. The number of hydrogen-bond donors (Lipinski definition) is 2. The van der Waals surface area contributed by atoms with E-state index >= 15 is 0 Å². The summed E-state index contributed by atoms with van der Waals surface area (Å²) in [6.45, 7) is -0.254. The van der Waals surface area contributed by atoms with Crippen LogP contribution in [0.2, 0.25) is 0 Å². The molecule has 2 heterocycles. The second kappa shape index (κ2) is 5.37. The molecule has 21 heavy (non-hydrogen) atoms. The van der Waals surface area contributed by atoms with Crippen LogP contribution in [-0.2, 0) is 11.3 Å². The largest absolute Gasteiger partial charge is 0.480 e. The van der Waals surface area contributed by atoms with E-state index in [0.717, 1.165) is 10.2 Å². The van der Waals surface area contributed by atoms with Gasteiger partial charge in [0.2, 0.25) is 0 Å². The number of anilines is 1. The molecule has 0 bridgehead atoms. The number of hydrogen-bond acceptors (Lipinski definition) is 4. The Hall–Kier alpha value is -2.67. The normalized spacial score (nSPS) is 10.7. The number of benzene rings is 1. The minimum atomic E-state index is -1.000. The maximum Gasteiger partial charge on any atom is 0.323 e. The summed E-state index contributed by atoms with van der Waals surface area (Å²) in [6, 6.07) is 10.8. The van der Waals surface area contributed by atoms with E-state index in [4.69, 9.17) is 5.11 Å². The molecule has 0 aliphatic carbocycles. The minimum Gasteiger partial charge on any atom is -0.480 e. The van der Waals surface area contributed by atoms with Gasteiger partial charge >= 0.3 is 5.97 Å². The SMILES string of the molecule is O=C(O)Cn1cccc1C(=O)Nc1nc2ccccc2s1. The highest BCUT2D eigenvalue weighted by atomic mass is 32.1. The van der Waals surface area contributed by atoms with Crippen molar-refractivity contribution in [2.45, 2.75) is 6.54 Å². The third-order valence-corrected chi connectivity index (χ3v) is 3.83. The van der Waals surface area contributed by atoms with Gasteiger partial charge in [-0.25, -0.2) is 4.98 Å². The van der Waals surface area contributed by atoms with E-state index in [-0.39, 0.29) is 18.1 Å². The van der Waals surface area contributed by atoms with Crippen molar-refractivity contribution in [3.63, 3.8) is 0 Å². The number of carboxylic acids is 1. The zero-order chi connectivity index (χ0) is 14.8. The third-order valence-electron chi connectivity index (χ3n) is 2.88. The van der Waals surface area contributed by atoms with E-state index in [9.17, 15) is 9.59 Å². The van der Waals surface area contributed by atoms with Crippen molar-refractivity contribution in [3.8, 4) is 0 Å². The molecule has 0 radical (unpaired) electrons. The monoisotopic (exact) mass is 301 g/mol. The van der Waals surface area contributed by atoms with Gasteiger partial charge in [0.1, 0.15) is 12.2 Å². The molecule has 0 saturated heterocycles. The van der Waals surface area contributed by atoms with Gasteiger partial charge in [-0.2, -0.15) is 0 Å². The number of rotatable bonds is 4. The predicted molar refractivity (Wildman–Crippen MR) is 79.6 cm³/mol. The molecule has 0 atom stereocenters. The van der Waals surface area contributed by atoms with Crippen LogP contribution in [0.15, 0.2) is 42.6 Å². The Kier molecular flexibility index (Phi) is 3.41. The van der Waals surface area contributed by atoms with Crippen LogP contribution in [0.3, 0.4) is 0 Å². The van der Waals surface area contributed by atoms with Gasteiger partial charge in [-0.3, -0.25) is 14.9 Å². The number of amides is 1. The van der Waals surface area contributed by atoms with Crippen molar-refractivity contribution in [3.05, 3.63) is 48.3 Å². The van der Waals surface area contributed by atoms with E-state index in [1.54, 1.807) is 18.3 Å². The fraction of sp³-hybridized carbons (Fsp3) is 0.0714. The van der Waals surface area contributed by atoms with Gasteiger partial charge in [0.15, 0.2) is 5.13 Å². The highest BCUT2D eigenvalue weighted by Crippen LogP contribution is 2.25. The zero-order valence-electron chi connectivity index (χ0n) is 10.8. The number of aromatic nitrogens is 2. The van der Waals surface area contributed by atoms with Crippen LogP contribution in [-0.4, -0.2) is 26.5 Å². The maximum atomic E-state index is 12.2. The molecule has 0 aliphatic rings. The van der Waals surface area contributed by atoms with E-state index in [1.165, 1.54) is 15.9 Å². The van der Waals surface area contributed by atoms with Crippen LogP contribution in [0, 0.1) is 0 Å². The van der Waals surface area contributed by atoms with Crippen molar-refractivity contribution < 1.29 is 14.7 Å². The standard InChI is InChI=1S/C14H11N3O3S/c18-12(19)8-17-7-3-5-10(17)13(20)16-14-15-9-4-1-2-6-11(9)21-14/h1-7H,8H2,(H,18,19)(H,15,16,20). The van der Waals surface area contributed by atoms with Crippen LogP contribution in [0.25, 0.3) is 10.2 Å². The van der Waals surface area contributed by atoms with Crippen LogP contribution in [0.1, 0.15) is 10.5 Å². The van der Waals surface area contributed by atoms with Crippen molar-refractivity contribution >= 4 is 38.6 Å². The summed E-state index contributed by atoms with van der Waals surface area (Å²) in [5, 5.41) is 12.0. The minimum absolute atomic E-state index is 0.254. The first-order chi connectivity index (χ1) is 10.1. The van der Waals surface area contributed by atoms with E-state index in [1.807, 2.05) is 24.3 Å². The van der Waals surface area contributed by atoms with Gasteiger partial charge in [-0.1, -0.05) is 23.5 Å². The molecule has 0 fully saturated rings. The first-order valence-electron chi connectivity index (χ1n) is 6.17. The lowest BCUT2D eigenvalue weighted by Crippen LogP contribution is -2.19. The molecular weight excluding hydrogens is 290 g/mol. The Morgan fingerprint density at radius 3 is 2.81 bits per heavy atom. The summed E-state index contributed by atoms with van der Waals surface area (Å²) in [7, 11) is 0. The molecule has 1 aromatic carbocycles. The molecule has 3 rings (SSSR count). The summed E-state index contributed by atoms with van der Waals surface area (Å²) in [5.74, 6) is -1.37. The summed E-state index contributed by atoms with van der Waals surface area (Å²) >= 11 is 1.37. The highest BCUT2D eigenvalue weighted by Gasteiger charge is 2.14.